The maximum absolute atomic E-state index is 11.6. The van der Waals surface area contributed by atoms with Gasteiger partial charge in [0.15, 0.2) is 0 Å². The third kappa shape index (κ3) is 3.11. The summed E-state index contributed by atoms with van der Waals surface area (Å²) in [4.78, 5) is 0.291. The predicted molar refractivity (Wildman–Crippen MR) is 73.1 cm³/mol. The molecule has 0 saturated carbocycles. The maximum atomic E-state index is 11.6. The van der Waals surface area contributed by atoms with E-state index in [9.17, 15) is 8.42 Å². The summed E-state index contributed by atoms with van der Waals surface area (Å²) in [6.07, 6.45) is 7.62. The van der Waals surface area contributed by atoms with Crippen LogP contribution in [0.1, 0.15) is 19.3 Å². The first-order valence-corrected chi connectivity index (χ1v) is 7.55. The van der Waals surface area contributed by atoms with Crippen LogP contribution in [0.25, 0.3) is 0 Å². The van der Waals surface area contributed by atoms with Gasteiger partial charge in [0.05, 0.1) is 4.90 Å². The Bertz CT molecular complexity index is 520. The van der Waals surface area contributed by atoms with E-state index in [1.165, 1.54) is 7.05 Å². The van der Waals surface area contributed by atoms with Crippen LogP contribution in [0.5, 0.6) is 0 Å². The highest BCUT2D eigenvalue weighted by atomic mass is 32.2. The number of hydrogen-bond acceptors (Lipinski definition) is 3. The Labute approximate surface area is 108 Å². The van der Waals surface area contributed by atoms with E-state index in [1.807, 2.05) is 12.1 Å². The van der Waals surface area contributed by atoms with Crippen molar-refractivity contribution in [2.24, 2.45) is 0 Å². The van der Waals surface area contributed by atoms with Gasteiger partial charge in [-0.25, -0.2) is 13.1 Å². The normalized spacial score (nSPS) is 19.7. The predicted octanol–water partition coefficient (Wildman–Crippen LogP) is 2.12. The summed E-state index contributed by atoms with van der Waals surface area (Å²) in [6, 6.07) is 7.30. The summed E-state index contributed by atoms with van der Waals surface area (Å²) in [5, 5.41) is 3.41. The van der Waals surface area contributed by atoms with E-state index in [0.717, 1.165) is 24.9 Å². The molecular weight excluding hydrogens is 248 g/mol. The number of benzene rings is 1. The van der Waals surface area contributed by atoms with E-state index in [4.69, 9.17) is 0 Å². The largest absolute Gasteiger partial charge is 0.382 e. The molecule has 1 aromatic carbocycles. The molecule has 0 radical (unpaired) electrons. The van der Waals surface area contributed by atoms with Crippen molar-refractivity contribution in [2.75, 3.05) is 12.4 Å². The van der Waals surface area contributed by atoms with Crippen LogP contribution in [-0.4, -0.2) is 21.5 Å². The molecule has 0 saturated heterocycles. The van der Waals surface area contributed by atoms with E-state index >= 15 is 0 Å². The van der Waals surface area contributed by atoms with Crippen molar-refractivity contribution in [3.63, 3.8) is 0 Å². The lowest BCUT2D eigenvalue weighted by molar-refractivity contribution is 0.588. The number of hydrogen-bond donors (Lipinski definition) is 2. The van der Waals surface area contributed by atoms with Gasteiger partial charge < -0.3 is 5.32 Å². The molecule has 0 heterocycles. The molecule has 1 aliphatic carbocycles. The summed E-state index contributed by atoms with van der Waals surface area (Å²) < 4.78 is 25.4. The molecule has 0 aliphatic heterocycles. The minimum Gasteiger partial charge on any atom is -0.382 e. The molecule has 5 heteroatoms. The Morgan fingerprint density at radius 2 is 1.89 bits per heavy atom. The number of anilines is 1. The standard InChI is InChI=1S/C13H18N2O2S/c1-14-18(16,17)13-9-7-12(8-10-13)15-11-5-3-2-4-6-11/h2-3,7-11,14-15H,4-6H2,1H3. The molecule has 0 aromatic heterocycles. The van der Waals surface area contributed by atoms with Crippen LogP contribution in [0.15, 0.2) is 41.3 Å². The Morgan fingerprint density at radius 3 is 2.44 bits per heavy atom. The SMILES string of the molecule is CNS(=O)(=O)c1ccc(NC2CC=CCC2)cc1. The van der Waals surface area contributed by atoms with Crippen LogP contribution in [-0.2, 0) is 10.0 Å². The fourth-order valence-electron chi connectivity index (χ4n) is 2.01. The second-order valence-electron chi connectivity index (χ2n) is 4.36. The van der Waals surface area contributed by atoms with Gasteiger partial charge in [0.2, 0.25) is 10.0 Å². The number of rotatable bonds is 4. The van der Waals surface area contributed by atoms with E-state index < -0.39 is 10.0 Å². The summed E-state index contributed by atoms with van der Waals surface area (Å²) in [7, 11) is -1.92. The number of nitrogens with one attached hydrogen (secondary N) is 2. The van der Waals surface area contributed by atoms with Crippen LogP contribution in [0.2, 0.25) is 0 Å². The first-order chi connectivity index (χ1) is 8.62. The monoisotopic (exact) mass is 266 g/mol. The molecule has 1 aromatic rings. The Balaban J connectivity index is 2.06. The molecule has 2 N–H and O–H groups in total. The fourth-order valence-corrected chi connectivity index (χ4v) is 2.74. The lowest BCUT2D eigenvalue weighted by Crippen LogP contribution is -2.21. The second-order valence-corrected chi connectivity index (χ2v) is 6.24. The quantitative estimate of drug-likeness (QED) is 0.821. The zero-order valence-corrected chi connectivity index (χ0v) is 11.2. The van der Waals surface area contributed by atoms with Crippen LogP contribution >= 0.6 is 0 Å². The molecule has 4 nitrogen and oxygen atoms in total. The molecule has 2 rings (SSSR count). The molecule has 0 spiro atoms. The van der Waals surface area contributed by atoms with E-state index in [2.05, 4.69) is 22.2 Å². The zero-order chi connectivity index (χ0) is 13.0. The smallest absolute Gasteiger partial charge is 0.240 e. The number of sulfonamides is 1. The van der Waals surface area contributed by atoms with Gasteiger partial charge in [-0.1, -0.05) is 12.2 Å². The van der Waals surface area contributed by atoms with Gasteiger partial charge in [0.1, 0.15) is 0 Å². The van der Waals surface area contributed by atoms with Crippen molar-refractivity contribution in [3.05, 3.63) is 36.4 Å². The Hall–Kier alpha value is -1.33. The van der Waals surface area contributed by atoms with E-state index in [0.29, 0.717) is 10.9 Å². The first-order valence-electron chi connectivity index (χ1n) is 6.07. The topological polar surface area (TPSA) is 58.2 Å². The van der Waals surface area contributed by atoms with E-state index in [-0.39, 0.29) is 0 Å². The highest BCUT2D eigenvalue weighted by Gasteiger charge is 2.12. The van der Waals surface area contributed by atoms with Crippen LogP contribution < -0.4 is 10.0 Å². The van der Waals surface area contributed by atoms with Crippen molar-refractivity contribution in [2.45, 2.75) is 30.2 Å². The molecule has 18 heavy (non-hydrogen) atoms. The molecule has 1 atom stereocenters. The van der Waals surface area contributed by atoms with Gasteiger partial charge in [-0.05, 0) is 50.6 Å². The lowest BCUT2D eigenvalue weighted by Gasteiger charge is -2.20. The summed E-state index contributed by atoms with van der Waals surface area (Å²) in [5.41, 5.74) is 0.963. The minimum absolute atomic E-state index is 0.291. The van der Waals surface area contributed by atoms with Gasteiger partial charge in [-0.15, -0.1) is 0 Å². The number of allylic oxidation sites excluding steroid dienone is 1. The van der Waals surface area contributed by atoms with E-state index in [1.54, 1.807) is 12.1 Å². The average molecular weight is 266 g/mol. The van der Waals surface area contributed by atoms with Gasteiger partial charge >= 0.3 is 0 Å². The zero-order valence-electron chi connectivity index (χ0n) is 10.4. The molecule has 0 fully saturated rings. The van der Waals surface area contributed by atoms with Crippen molar-refractivity contribution < 1.29 is 8.42 Å². The van der Waals surface area contributed by atoms with Gasteiger partial charge in [0, 0.05) is 11.7 Å². The lowest BCUT2D eigenvalue weighted by atomic mass is 10.0. The average Bonchev–Trinajstić information content (AvgIpc) is 2.40. The maximum Gasteiger partial charge on any atom is 0.240 e. The highest BCUT2D eigenvalue weighted by molar-refractivity contribution is 7.89. The Kier molecular flexibility index (Phi) is 4.04. The van der Waals surface area contributed by atoms with Crippen molar-refractivity contribution in [1.82, 2.24) is 4.72 Å². The van der Waals surface area contributed by atoms with Crippen molar-refractivity contribution >= 4 is 15.7 Å². The molecule has 1 unspecified atom stereocenters. The van der Waals surface area contributed by atoms with Crippen molar-refractivity contribution in [1.29, 1.82) is 0 Å². The molecular formula is C13H18N2O2S. The summed E-state index contributed by atoms with van der Waals surface area (Å²) in [6.45, 7) is 0. The highest BCUT2D eigenvalue weighted by Crippen LogP contribution is 2.19. The fraction of sp³-hybridized carbons (Fsp3) is 0.385. The van der Waals surface area contributed by atoms with Gasteiger partial charge in [0.25, 0.3) is 0 Å². The first kappa shape index (κ1) is 13.1. The van der Waals surface area contributed by atoms with Gasteiger partial charge in [-0.3, -0.25) is 0 Å². The summed E-state index contributed by atoms with van der Waals surface area (Å²) >= 11 is 0. The third-order valence-corrected chi connectivity index (χ3v) is 4.50. The Morgan fingerprint density at radius 1 is 1.17 bits per heavy atom. The summed E-state index contributed by atoms with van der Waals surface area (Å²) in [5.74, 6) is 0. The molecule has 98 valence electrons. The molecule has 0 bridgehead atoms. The molecule has 0 amide bonds. The third-order valence-electron chi connectivity index (χ3n) is 3.07. The van der Waals surface area contributed by atoms with Crippen LogP contribution in [0, 0.1) is 0 Å². The van der Waals surface area contributed by atoms with Gasteiger partial charge in [-0.2, -0.15) is 0 Å². The minimum atomic E-state index is -3.34. The second kappa shape index (κ2) is 5.54. The van der Waals surface area contributed by atoms with Crippen molar-refractivity contribution in [3.8, 4) is 0 Å². The van der Waals surface area contributed by atoms with Crippen LogP contribution in [0.3, 0.4) is 0 Å². The van der Waals surface area contributed by atoms with Crippen LogP contribution in [0.4, 0.5) is 5.69 Å². The molecule has 1 aliphatic rings.